The monoisotopic (exact) mass is 467 g/mol. The molecule has 0 unspecified atom stereocenters. The van der Waals surface area contributed by atoms with Gasteiger partial charge in [0, 0.05) is 0 Å². The van der Waals surface area contributed by atoms with Crippen molar-refractivity contribution in [1.29, 1.82) is 0 Å². The van der Waals surface area contributed by atoms with Gasteiger partial charge in [-0.25, -0.2) is 0 Å². The summed E-state index contributed by atoms with van der Waals surface area (Å²) in [4.78, 5) is 0. The second kappa shape index (κ2) is 5.69. The number of benzene rings is 2. The molecule has 2 rings (SSSR count). The van der Waals surface area contributed by atoms with Crippen molar-refractivity contribution in [3.8, 4) is 0 Å². The number of aliphatic hydroxyl groups is 1. The number of hydrogen-bond acceptors (Lipinski definition) is 2. The van der Waals surface area contributed by atoms with E-state index in [4.69, 9.17) is 2.69 Å². The summed E-state index contributed by atoms with van der Waals surface area (Å²) < 4.78 is 20.4. The molecule has 105 valence electrons. The Labute approximate surface area is 131 Å². The van der Waals surface area contributed by atoms with Crippen molar-refractivity contribution < 1.29 is 12.2 Å². The van der Waals surface area contributed by atoms with Gasteiger partial charge in [0.2, 0.25) is 0 Å². The molecule has 2 nitrogen and oxygen atoms in total. The predicted molar refractivity (Wildman–Crippen MR) is 80.8 cm³/mol. The number of hydrogen-bond donors (Lipinski definition) is 1. The van der Waals surface area contributed by atoms with Crippen molar-refractivity contribution in [2.75, 3.05) is 0 Å². The van der Waals surface area contributed by atoms with Crippen LogP contribution in [0.2, 0.25) is 0 Å². The quantitative estimate of drug-likeness (QED) is 0.703. The van der Waals surface area contributed by atoms with Crippen molar-refractivity contribution >= 4 is 38.6 Å². The topological polar surface area (TPSA) is 29.5 Å². The van der Waals surface area contributed by atoms with Gasteiger partial charge in [-0.15, -0.1) is 0 Å². The van der Waals surface area contributed by atoms with Gasteiger partial charge in [-0.05, 0) is 0 Å². The van der Waals surface area contributed by atoms with Crippen LogP contribution in [0.25, 0.3) is 10.8 Å². The zero-order chi connectivity index (χ0) is 15.0. The van der Waals surface area contributed by atoms with E-state index in [2.05, 4.69) is 6.07 Å². The molecule has 0 amide bonds. The summed E-state index contributed by atoms with van der Waals surface area (Å²) in [5.41, 5.74) is -1.43. The molecule has 0 spiro atoms. The Morgan fingerprint density at radius 2 is 1.60 bits per heavy atom. The van der Waals surface area contributed by atoms with Gasteiger partial charge in [-0.3, -0.25) is 0 Å². The molecule has 0 aliphatic carbocycles. The molecule has 0 aliphatic rings. The van der Waals surface area contributed by atoms with E-state index in [9.17, 15) is 9.50 Å². The van der Waals surface area contributed by atoms with Gasteiger partial charge < -0.3 is 0 Å². The van der Waals surface area contributed by atoms with E-state index in [1.165, 1.54) is 15.3 Å². The van der Waals surface area contributed by atoms with Crippen LogP contribution in [0, 0.1) is 5.82 Å². The minimum atomic E-state index is -1.62. The molecule has 0 atom stereocenters. The number of halogens is 1. The molecule has 2 aromatic carbocycles. The van der Waals surface area contributed by atoms with Crippen LogP contribution in [0.3, 0.4) is 0 Å². The van der Waals surface area contributed by atoms with Crippen molar-refractivity contribution in [2.45, 2.75) is 38.9 Å². The zero-order valence-corrected chi connectivity index (χ0v) is 16.8. The first-order valence-corrected chi connectivity index (χ1v) is 10.7. The Hall–Kier alpha value is -0.528. The minimum absolute atomic E-state index is 0.215. The third kappa shape index (κ3) is 3.56. The average Bonchev–Trinajstić information content (AvgIpc) is 2.35. The Kier molecular flexibility index (Phi) is 4.51. The Balaban J connectivity index is 2.17. The summed E-state index contributed by atoms with van der Waals surface area (Å²) >= 11 is -1.62. The fraction of sp³-hybridized carbons (Fsp3) is 0.375. The van der Waals surface area contributed by atoms with E-state index in [0.717, 1.165) is 10.8 Å². The summed E-state index contributed by atoms with van der Waals surface area (Å²) in [5, 5.41) is 12.0. The Morgan fingerprint density at radius 3 is 2.25 bits per heavy atom. The Morgan fingerprint density at radius 1 is 1.00 bits per heavy atom. The first-order chi connectivity index (χ1) is 9.19. The molecule has 0 aromatic heterocycles. The molecular weight excluding hydrogens is 448 g/mol. The maximum absolute atomic E-state index is 13.1. The summed E-state index contributed by atoms with van der Waals surface area (Å²) in [6.07, 6.45) is 0. The average molecular weight is 467 g/mol. The molecule has 0 saturated heterocycles. The van der Waals surface area contributed by atoms with E-state index in [-0.39, 0.29) is 5.82 Å². The van der Waals surface area contributed by atoms with E-state index in [0.29, 0.717) is 0 Å². The van der Waals surface area contributed by atoms with E-state index >= 15 is 0 Å². The molecule has 0 saturated carbocycles. The summed E-state index contributed by atoms with van der Waals surface area (Å²) in [6, 6.07) is 10.8. The van der Waals surface area contributed by atoms with E-state index < -0.39 is 35.9 Å². The molecule has 0 bridgehead atoms. The van der Waals surface area contributed by atoms with Crippen molar-refractivity contribution in [2.24, 2.45) is 0 Å². The molecule has 2 aromatic rings. The fourth-order valence-corrected chi connectivity index (χ4v) is 6.11. The van der Waals surface area contributed by atoms with Gasteiger partial charge in [0.25, 0.3) is 0 Å². The summed E-state index contributed by atoms with van der Waals surface area (Å²) in [7, 11) is 0. The van der Waals surface area contributed by atoms with Crippen LogP contribution in [-0.4, -0.2) is 41.0 Å². The summed E-state index contributed by atoms with van der Waals surface area (Å²) in [5.74, 6) is -0.215. The molecule has 20 heavy (non-hydrogen) atoms. The molecule has 0 heterocycles. The van der Waals surface area contributed by atoms with Crippen LogP contribution in [0.15, 0.2) is 36.4 Å². The molecule has 0 radical (unpaired) electrons. The third-order valence-electron chi connectivity index (χ3n) is 3.79. The van der Waals surface area contributed by atoms with Crippen LogP contribution < -0.4 is 3.12 Å². The van der Waals surface area contributed by atoms with Gasteiger partial charge in [0.05, 0.1) is 0 Å². The van der Waals surface area contributed by atoms with Crippen LogP contribution in [-0.2, 0) is 2.69 Å². The first kappa shape index (κ1) is 15.9. The normalized spacial score (nSPS) is 12.5. The van der Waals surface area contributed by atoms with Gasteiger partial charge in [-0.2, -0.15) is 0 Å². The van der Waals surface area contributed by atoms with E-state index in [1.54, 1.807) is 19.9 Å². The van der Waals surface area contributed by atoms with Crippen LogP contribution in [0.1, 0.15) is 27.7 Å². The van der Waals surface area contributed by atoms with Crippen LogP contribution >= 0.6 is 0 Å². The molecule has 1 N–H and O–H groups in total. The van der Waals surface area contributed by atoms with Gasteiger partial charge >= 0.3 is 132 Å². The standard InChI is InChI=1S/C10H6F.C6H13O2.Tl/c11-10-6-5-8-3-1-2-4-9(8)7-10;1-5(2,7)6(3,4)8;/h2-7H;7H,1-4H3;/q;-1;+1. The zero-order valence-electron chi connectivity index (χ0n) is 12.3. The second-order valence-electron chi connectivity index (χ2n) is 6.06. The van der Waals surface area contributed by atoms with Gasteiger partial charge in [-0.1, -0.05) is 0 Å². The van der Waals surface area contributed by atoms with Crippen LogP contribution in [0.5, 0.6) is 0 Å². The molecule has 0 fully saturated rings. The summed E-state index contributed by atoms with van der Waals surface area (Å²) in [6.45, 7) is 7.36. The second-order valence-corrected chi connectivity index (χ2v) is 10.5. The first-order valence-electron chi connectivity index (χ1n) is 6.62. The fourth-order valence-electron chi connectivity index (χ4n) is 1.67. The van der Waals surface area contributed by atoms with Crippen LogP contribution in [0.4, 0.5) is 4.39 Å². The van der Waals surface area contributed by atoms with Crippen molar-refractivity contribution in [3.05, 3.63) is 42.2 Å². The van der Waals surface area contributed by atoms with E-state index in [1.807, 2.05) is 26.0 Å². The predicted octanol–water partition coefficient (Wildman–Crippen LogP) is 2.79. The van der Waals surface area contributed by atoms with Crippen molar-refractivity contribution in [3.63, 3.8) is 0 Å². The number of fused-ring (bicyclic) bond motifs is 1. The van der Waals surface area contributed by atoms with Gasteiger partial charge in [0.1, 0.15) is 0 Å². The molecular formula is C16H19FO2Tl. The SMILES string of the molecule is CC(C)(O)C(C)(C)[O][Tl][c]1ccc2cc(F)ccc2c1. The maximum atomic E-state index is 13.1. The Bertz CT molecular complexity index is 617. The third-order valence-corrected chi connectivity index (χ3v) is 8.99. The molecule has 4 heteroatoms. The van der Waals surface area contributed by atoms with Gasteiger partial charge in [0.15, 0.2) is 0 Å². The van der Waals surface area contributed by atoms with Crippen molar-refractivity contribution in [1.82, 2.24) is 0 Å². The molecule has 0 aliphatic heterocycles. The number of rotatable bonds is 4.